The molecule has 2 heterocycles. The molecule has 120 valence electrons. The summed E-state index contributed by atoms with van der Waals surface area (Å²) in [7, 11) is 0. The summed E-state index contributed by atoms with van der Waals surface area (Å²) >= 11 is 3.28. The van der Waals surface area contributed by atoms with Crippen LogP contribution in [0.4, 0.5) is 4.39 Å². The first-order valence-electron chi connectivity index (χ1n) is 8.08. The van der Waals surface area contributed by atoms with Gasteiger partial charge in [-0.05, 0) is 50.9 Å². The molecule has 5 heteroatoms. The minimum Gasteiger partial charge on any atom is -0.342 e. The van der Waals surface area contributed by atoms with E-state index < -0.39 is 0 Å². The third kappa shape index (κ3) is 3.69. The van der Waals surface area contributed by atoms with E-state index in [-0.39, 0.29) is 11.7 Å². The summed E-state index contributed by atoms with van der Waals surface area (Å²) in [4.78, 5) is 16.7. The Bertz CT molecular complexity index is 537. The van der Waals surface area contributed by atoms with Crippen molar-refractivity contribution < 1.29 is 9.18 Å². The van der Waals surface area contributed by atoms with E-state index in [4.69, 9.17) is 0 Å². The molecule has 2 fully saturated rings. The lowest BCUT2D eigenvalue weighted by Crippen LogP contribution is -2.41. The van der Waals surface area contributed by atoms with Crippen LogP contribution in [0.15, 0.2) is 22.7 Å². The van der Waals surface area contributed by atoms with Crippen molar-refractivity contribution in [1.82, 2.24) is 9.80 Å². The first kappa shape index (κ1) is 15.9. The quantitative estimate of drug-likeness (QED) is 0.815. The predicted octanol–water partition coefficient (Wildman–Crippen LogP) is 3.42. The first-order valence-corrected chi connectivity index (χ1v) is 8.88. The lowest BCUT2D eigenvalue weighted by Gasteiger charge is -2.33. The number of hydrogen-bond donors (Lipinski definition) is 0. The third-order valence-electron chi connectivity index (χ3n) is 4.76. The molecular formula is C17H22BrFN2O. The van der Waals surface area contributed by atoms with Gasteiger partial charge in [-0.25, -0.2) is 4.39 Å². The number of likely N-dealkylation sites (tertiary alicyclic amines) is 2. The van der Waals surface area contributed by atoms with Gasteiger partial charge < -0.3 is 4.90 Å². The second-order valence-electron chi connectivity index (χ2n) is 6.32. The Labute approximate surface area is 139 Å². The van der Waals surface area contributed by atoms with E-state index in [1.807, 2.05) is 17.0 Å². The van der Waals surface area contributed by atoms with Crippen LogP contribution in [-0.2, 0) is 11.3 Å². The van der Waals surface area contributed by atoms with Gasteiger partial charge in [0.05, 0.1) is 0 Å². The monoisotopic (exact) mass is 368 g/mol. The van der Waals surface area contributed by atoms with Crippen molar-refractivity contribution in [1.29, 1.82) is 0 Å². The molecule has 0 saturated carbocycles. The highest BCUT2D eigenvalue weighted by molar-refractivity contribution is 9.10. The molecule has 0 atom stereocenters. The van der Waals surface area contributed by atoms with Gasteiger partial charge >= 0.3 is 0 Å². The maximum absolute atomic E-state index is 13.9. The van der Waals surface area contributed by atoms with Gasteiger partial charge in [0.2, 0.25) is 5.91 Å². The van der Waals surface area contributed by atoms with Gasteiger partial charge in [-0.2, -0.15) is 0 Å². The van der Waals surface area contributed by atoms with Gasteiger partial charge in [-0.1, -0.05) is 22.0 Å². The van der Waals surface area contributed by atoms with Crippen molar-refractivity contribution in [3.8, 4) is 0 Å². The van der Waals surface area contributed by atoms with Crippen molar-refractivity contribution in [3.63, 3.8) is 0 Å². The lowest BCUT2D eigenvalue weighted by atomic mass is 9.95. The minimum absolute atomic E-state index is 0.162. The van der Waals surface area contributed by atoms with Gasteiger partial charge in [-0.15, -0.1) is 0 Å². The summed E-state index contributed by atoms with van der Waals surface area (Å²) in [5.74, 6) is 0.348. The standard InChI is InChI=1S/C17H22BrFN2O/c18-15-4-3-14(16(19)11-15)12-20-9-5-13(6-10-20)17(22)21-7-1-2-8-21/h3-4,11,13H,1-2,5-10,12H2. The summed E-state index contributed by atoms with van der Waals surface area (Å²) in [5.41, 5.74) is 0.729. The van der Waals surface area contributed by atoms with Crippen LogP contribution < -0.4 is 0 Å². The summed E-state index contributed by atoms with van der Waals surface area (Å²) in [5, 5.41) is 0. The zero-order valence-electron chi connectivity index (χ0n) is 12.7. The van der Waals surface area contributed by atoms with Gasteiger partial charge in [-0.3, -0.25) is 9.69 Å². The van der Waals surface area contributed by atoms with Crippen LogP contribution in [0.25, 0.3) is 0 Å². The van der Waals surface area contributed by atoms with E-state index in [1.54, 1.807) is 0 Å². The van der Waals surface area contributed by atoms with Crippen LogP contribution in [0.2, 0.25) is 0 Å². The topological polar surface area (TPSA) is 23.6 Å². The molecule has 0 bridgehead atoms. The van der Waals surface area contributed by atoms with Gasteiger partial charge in [0.1, 0.15) is 5.82 Å². The average molecular weight is 369 g/mol. The van der Waals surface area contributed by atoms with E-state index >= 15 is 0 Å². The molecule has 2 saturated heterocycles. The number of halogens is 2. The number of rotatable bonds is 3. The van der Waals surface area contributed by atoms with Crippen molar-refractivity contribution in [2.24, 2.45) is 5.92 Å². The molecular weight excluding hydrogens is 347 g/mol. The lowest BCUT2D eigenvalue weighted by molar-refractivity contribution is -0.136. The van der Waals surface area contributed by atoms with E-state index in [2.05, 4.69) is 20.8 Å². The number of hydrogen-bond acceptors (Lipinski definition) is 2. The number of nitrogens with zero attached hydrogens (tertiary/aromatic N) is 2. The van der Waals surface area contributed by atoms with E-state index in [9.17, 15) is 9.18 Å². The van der Waals surface area contributed by atoms with Crippen molar-refractivity contribution in [2.45, 2.75) is 32.2 Å². The maximum Gasteiger partial charge on any atom is 0.225 e. The second-order valence-corrected chi connectivity index (χ2v) is 7.23. The van der Waals surface area contributed by atoms with Crippen LogP contribution in [0, 0.1) is 11.7 Å². The molecule has 22 heavy (non-hydrogen) atoms. The molecule has 1 aromatic carbocycles. The highest BCUT2D eigenvalue weighted by Crippen LogP contribution is 2.24. The van der Waals surface area contributed by atoms with Crippen molar-refractivity contribution >= 4 is 21.8 Å². The van der Waals surface area contributed by atoms with Crippen LogP contribution in [0.1, 0.15) is 31.2 Å². The Balaban J connectivity index is 1.52. The summed E-state index contributed by atoms with van der Waals surface area (Å²) in [6.45, 7) is 4.25. The normalized spacial score (nSPS) is 20.5. The molecule has 3 rings (SSSR count). The van der Waals surface area contributed by atoms with Crippen LogP contribution in [0.3, 0.4) is 0 Å². The summed E-state index contributed by atoms with van der Waals surface area (Å²) < 4.78 is 14.7. The Morgan fingerprint density at radius 3 is 2.50 bits per heavy atom. The Kier molecular flexibility index (Phi) is 5.14. The smallest absolute Gasteiger partial charge is 0.225 e. The average Bonchev–Trinajstić information content (AvgIpc) is 3.04. The second kappa shape index (κ2) is 7.09. The molecule has 3 nitrogen and oxygen atoms in total. The molecule has 1 amide bonds. The number of carbonyl (C=O) groups excluding carboxylic acids is 1. The van der Waals surface area contributed by atoms with Crippen molar-refractivity contribution in [2.75, 3.05) is 26.2 Å². The first-order chi connectivity index (χ1) is 10.6. The fourth-order valence-electron chi connectivity index (χ4n) is 3.42. The van der Waals surface area contributed by atoms with E-state index in [0.717, 1.165) is 61.9 Å². The third-order valence-corrected chi connectivity index (χ3v) is 5.26. The molecule has 2 aliphatic heterocycles. The van der Waals surface area contributed by atoms with Gasteiger partial charge in [0.25, 0.3) is 0 Å². The van der Waals surface area contributed by atoms with Crippen LogP contribution >= 0.6 is 15.9 Å². The SMILES string of the molecule is O=C(C1CCN(Cc2ccc(Br)cc2F)CC1)N1CCCC1. The Hall–Kier alpha value is -0.940. The molecule has 1 aromatic rings. The Morgan fingerprint density at radius 1 is 1.18 bits per heavy atom. The van der Waals surface area contributed by atoms with E-state index in [0.29, 0.717) is 12.5 Å². The molecule has 0 unspecified atom stereocenters. The van der Waals surface area contributed by atoms with Crippen molar-refractivity contribution in [3.05, 3.63) is 34.1 Å². The minimum atomic E-state index is -0.162. The summed E-state index contributed by atoms with van der Waals surface area (Å²) in [6, 6.07) is 5.22. The van der Waals surface area contributed by atoms with Gasteiger partial charge in [0, 0.05) is 35.6 Å². The number of piperidine rings is 1. The number of carbonyl (C=O) groups is 1. The molecule has 0 N–H and O–H groups in total. The fourth-order valence-corrected chi connectivity index (χ4v) is 3.76. The highest BCUT2D eigenvalue weighted by atomic mass is 79.9. The molecule has 2 aliphatic rings. The zero-order valence-corrected chi connectivity index (χ0v) is 14.3. The molecule has 0 spiro atoms. The molecule has 0 aliphatic carbocycles. The molecule has 0 radical (unpaired) electrons. The highest BCUT2D eigenvalue weighted by Gasteiger charge is 2.29. The van der Waals surface area contributed by atoms with E-state index in [1.165, 1.54) is 6.07 Å². The van der Waals surface area contributed by atoms with Crippen LogP contribution in [0.5, 0.6) is 0 Å². The summed E-state index contributed by atoms with van der Waals surface area (Å²) in [6.07, 6.45) is 4.09. The maximum atomic E-state index is 13.9. The largest absolute Gasteiger partial charge is 0.342 e. The van der Waals surface area contributed by atoms with Crippen LogP contribution in [-0.4, -0.2) is 41.9 Å². The number of amides is 1. The Morgan fingerprint density at radius 2 is 1.86 bits per heavy atom. The fraction of sp³-hybridized carbons (Fsp3) is 0.588. The number of benzene rings is 1. The predicted molar refractivity (Wildman–Crippen MR) is 87.9 cm³/mol. The van der Waals surface area contributed by atoms with Gasteiger partial charge in [0.15, 0.2) is 0 Å². The zero-order chi connectivity index (χ0) is 15.5. The molecule has 0 aromatic heterocycles.